The number of benzene rings is 1. The number of hydrogen-bond acceptors (Lipinski definition) is 3. The van der Waals surface area contributed by atoms with Crippen LogP contribution in [0.3, 0.4) is 0 Å². The number of aromatic nitrogens is 1. The van der Waals surface area contributed by atoms with Gasteiger partial charge in [0.1, 0.15) is 0 Å². The zero-order valence-corrected chi connectivity index (χ0v) is 11.6. The van der Waals surface area contributed by atoms with Gasteiger partial charge in [-0.15, -0.1) is 11.8 Å². The summed E-state index contributed by atoms with van der Waals surface area (Å²) in [5.74, 6) is 0.978. The SMILES string of the molecule is Cc1ccccc1CSc1ccc(C(C)N)nc1. The van der Waals surface area contributed by atoms with E-state index in [1.165, 1.54) is 16.0 Å². The Labute approximate surface area is 113 Å². The van der Waals surface area contributed by atoms with Crippen LogP contribution in [0.1, 0.15) is 29.8 Å². The van der Waals surface area contributed by atoms with E-state index in [1.54, 1.807) is 11.8 Å². The van der Waals surface area contributed by atoms with Gasteiger partial charge in [0.25, 0.3) is 0 Å². The van der Waals surface area contributed by atoms with Crippen LogP contribution in [0.15, 0.2) is 47.5 Å². The Morgan fingerprint density at radius 1 is 1.22 bits per heavy atom. The summed E-state index contributed by atoms with van der Waals surface area (Å²) in [4.78, 5) is 5.55. The number of nitrogens with zero attached hydrogens (tertiary/aromatic N) is 1. The molecule has 1 aromatic carbocycles. The Morgan fingerprint density at radius 3 is 2.61 bits per heavy atom. The van der Waals surface area contributed by atoms with Crippen LogP contribution >= 0.6 is 11.8 Å². The van der Waals surface area contributed by atoms with Gasteiger partial charge in [0, 0.05) is 22.9 Å². The maximum absolute atomic E-state index is 5.78. The van der Waals surface area contributed by atoms with E-state index >= 15 is 0 Å². The summed E-state index contributed by atoms with van der Waals surface area (Å²) < 4.78 is 0. The van der Waals surface area contributed by atoms with Crippen LogP contribution in [0.25, 0.3) is 0 Å². The van der Waals surface area contributed by atoms with Crippen LogP contribution in [0.5, 0.6) is 0 Å². The summed E-state index contributed by atoms with van der Waals surface area (Å²) in [7, 11) is 0. The molecule has 0 bridgehead atoms. The fourth-order valence-corrected chi connectivity index (χ4v) is 2.62. The van der Waals surface area contributed by atoms with E-state index in [9.17, 15) is 0 Å². The molecule has 0 aliphatic heterocycles. The molecule has 1 unspecified atom stereocenters. The van der Waals surface area contributed by atoms with Crippen LogP contribution in [-0.4, -0.2) is 4.98 Å². The standard InChI is InChI=1S/C15H18N2S/c1-11-5-3-4-6-13(11)10-18-14-7-8-15(12(2)16)17-9-14/h3-9,12H,10,16H2,1-2H3. The lowest BCUT2D eigenvalue weighted by atomic mass is 10.1. The van der Waals surface area contributed by atoms with Crippen LogP contribution < -0.4 is 5.73 Å². The van der Waals surface area contributed by atoms with E-state index in [4.69, 9.17) is 5.73 Å². The van der Waals surface area contributed by atoms with Gasteiger partial charge in [0.2, 0.25) is 0 Å². The Kier molecular flexibility index (Phi) is 4.39. The van der Waals surface area contributed by atoms with Crippen molar-refractivity contribution >= 4 is 11.8 Å². The van der Waals surface area contributed by atoms with E-state index in [0.29, 0.717) is 0 Å². The first-order valence-corrected chi connectivity index (χ1v) is 7.04. The maximum atomic E-state index is 5.78. The van der Waals surface area contributed by atoms with Crippen LogP contribution in [0.2, 0.25) is 0 Å². The molecule has 2 rings (SSSR count). The average molecular weight is 258 g/mol. The molecule has 0 spiro atoms. The molecule has 0 amide bonds. The van der Waals surface area contributed by atoms with Crippen LogP contribution in [0.4, 0.5) is 0 Å². The molecule has 0 saturated heterocycles. The second-order valence-corrected chi connectivity index (χ2v) is 5.47. The Balaban J connectivity index is 2.00. The Bertz CT molecular complexity index is 506. The molecule has 18 heavy (non-hydrogen) atoms. The largest absolute Gasteiger partial charge is 0.323 e. The highest BCUT2D eigenvalue weighted by Crippen LogP contribution is 2.24. The highest BCUT2D eigenvalue weighted by molar-refractivity contribution is 7.98. The van der Waals surface area contributed by atoms with Crippen molar-refractivity contribution in [3.05, 3.63) is 59.4 Å². The van der Waals surface area contributed by atoms with Crippen molar-refractivity contribution in [1.82, 2.24) is 4.98 Å². The van der Waals surface area contributed by atoms with Crippen molar-refractivity contribution in [1.29, 1.82) is 0 Å². The molecule has 2 N–H and O–H groups in total. The average Bonchev–Trinajstić information content (AvgIpc) is 2.38. The predicted octanol–water partition coefficient (Wildman–Crippen LogP) is 3.70. The number of hydrogen-bond donors (Lipinski definition) is 1. The van der Waals surface area contributed by atoms with E-state index < -0.39 is 0 Å². The molecule has 0 saturated carbocycles. The van der Waals surface area contributed by atoms with Crippen molar-refractivity contribution in [3.8, 4) is 0 Å². The topological polar surface area (TPSA) is 38.9 Å². The first-order chi connectivity index (χ1) is 8.66. The maximum Gasteiger partial charge on any atom is 0.0569 e. The highest BCUT2D eigenvalue weighted by atomic mass is 32.2. The minimum atomic E-state index is 0.000387. The van der Waals surface area contributed by atoms with Gasteiger partial charge in [-0.25, -0.2) is 0 Å². The lowest BCUT2D eigenvalue weighted by molar-refractivity contribution is 0.777. The molecule has 94 valence electrons. The smallest absolute Gasteiger partial charge is 0.0569 e. The molecule has 3 heteroatoms. The lowest BCUT2D eigenvalue weighted by Crippen LogP contribution is -2.06. The molecule has 0 fully saturated rings. The third-order valence-corrected chi connectivity index (χ3v) is 3.91. The number of rotatable bonds is 4. The zero-order chi connectivity index (χ0) is 13.0. The van der Waals surface area contributed by atoms with Gasteiger partial charge < -0.3 is 5.73 Å². The first-order valence-electron chi connectivity index (χ1n) is 6.05. The molecule has 2 nitrogen and oxygen atoms in total. The quantitative estimate of drug-likeness (QED) is 0.850. The van der Waals surface area contributed by atoms with Crippen molar-refractivity contribution in [2.75, 3.05) is 0 Å². The number of pyridine rings is 1. The van der Waals surface area contributed by atoms with Gasteiger partial charge in [-0.1, -0.05) is 24.3 Å². The van der Waals surface area contributed by atoms with E-state index in [-0.39, 0.29) is 6.04 Å². The minimum Gasteiger partial charge on any atom is -0.323 e. The van der Waals surface area contributed by atoms with E-state index in [0.717, 1.165) is 11.4 Å². The second-order valence-electron chi connectivity index (χ2n) is 4.42. The normalized spacial score (nSPS) is 12.4. The lowest BCUT2D eigenvalue weighted by Gasteiger charge is -2.07. The molecule has 0 aliphatic rings. The Hall–Kier alpha value is -1.32. The third-order valence-electron chi connectivity index (χ3n) is 2.88. The zero-order valence-electron chi connectivity index (χ0n) is 10.8. The van der Waals surface area contributed by atoms with E-state index in [2.05, 4.69) is 42.2 Å². The van der Waals surface area contributed by atoms with Crippen LogP contribution in [-0.2, 0) is 5.75 Å². The fourth-order valence-electron chi connectivity index (χ4n) is 1.68. The van der Waals surface area contributed by atoms with Crippen molar-refractivity contribution < 1.29 is 0 Å². The van der Waals surface area contributed by atoms with E-state index in [1.807, 2.05) is 19.2 Å². The van der Waals surface area contributed by atoms with Crippen molar-refractivity contribution in [3.63, 3.8) is 0 Å². The number of thioether (sulfide) groups is 1. The Morgan fingerprint density at radius 2 is 2.00 bits per heavy atom. The van der Waals surface area contributed by atoms with Gasteiger partial charge in [-0.3, -0.25) is 4.98 Å². The molecule has 1 heterocycles. The summed E-state index contributed by atoms with van der Waals surface area (Å²) in [5, 5.41) is 0. The minimum absolute atomic E-state index is 0.000387. The van der Waals surface area contributed by atoms with Crippen LogP contribution in [0, 0.1) is 6.92 Å². The molecular formula is C15H18N2S. The highest BCUT2D eigenvalue weighted by Gasteiger charge is 2.02. The molecule has 1 atom stereocenters. The number of aryl methyl sites for hydroxylation is 1. The number of nitrogens with two attached hydrogens (primary N) is 1. The summed E-state index contributed by atoms with van der Waals surface area (Å²) >= 11 is 1.80. The van der Waals surface area contributed by atoms with Gasteiger partial charge >= 0.3 is 0 Å². The van der Waals surface area contributed by atoms with Gasteiger partial charge in [-0.2, -0.15) is 0 Å². The molecule has 0 radical (unpaired) electrons. The monoisotopic (exact) mass is 258 g/mol. The second kappa shape index (κ2) is 6.03. The fraction of sp³-hybridized carbons (Fsp3) is 0.267. The van der Waals surface area contributed by atoms with Crippen molar-refractivity contribution in [2.45, 2.75) is 30.5 Å². The molecule has 1 aromatic heterocycles. The first kappa shape index (κ1) is 13.1. The summed E-state index contributed by atoms with van der Waals surface area (Å²) in [6.07, 6.45) is 1.90. The summed E-state index contributed by atoms with van der Waals surface area (Å²) in [6.45, 7) is 4.09. The van der Waals surface area contributed by atoms with Gasteiger partial charge in [0.15, 0.2) is 0 Å². The van der Waals surface area contributed by atoms with Crippen molar-refractivity contribution in [2.24, 2.45) is 5.73 Å². The third kappa shape index (κ3) is 3.34. The van der Waals surface area contributed by atoms with Gasteiger partial charge in [-0.05, 0) is 37.1 Å². The summed E-state index contributed by atoms with van der Waals surface area (Å²) in [6, 6.07) is 12.6. The molecular weight excluding hydrogens is 240 g/mol. The molecule has 2 aromatic rings. The molecule has 0 aliphatic carbocycles. The van der Waals surface area contributed by atoms with Gasteiger partial charge in [0.05, 0.1) is 5.69 Å². The predicted molar refractivity (Wildman–Crippen MR) is 77.6 cm³/mol. The summed E-state index contributed by atoms with van der Waals surface area (Å²) in [5.41, 5.74) is 9.43.